The van der Waals surface area contributed by atoms with Gasteiger partial charge in [-0.1, -0.05) is 13.8 Å². The molecule has 1 fully saturated rings. The van der Waals surface area contributed by atoms with Gasteiger partial charge in [0, 0.05) is 42.2 Å². The van der Waals surface area contributed by atoms with E-state index in [0.29, 0.717) is 12.1 Å². The fourth-order valence-corrected chi connectivity index (χ4v) is 4.01. The topological polar surface area (TPSA) is 28.2 Å². The van der Waals surface area contributed by atoms with Crippen molar-refractivity contribution in [2.24, 2.45) is 0 Å². The lowest BCUT2D eigenvalue weighted by molar-refractivity contribution is 0.590. The predicted octanol–water partition coefficient (Wildman–Crippen LogP) is 3.71. The van der Waals surface area contributed by atoms with Crippen LogP contribution in [-0.4, -0.2) is 36.1 Å². The Bertz CT molecular complexity index is 427. The summed E-state index contributed by atoms with van der Waals surface area (Å²) >= 11 is 3.77. The van der Waals surface area contributed by atoms with E-state index in [0.717, 1.165) is 18.2 Å². The summed E-state index contributed by atoms with van der Waals surface area (Å²) in [7, 11) is 2.18. The van der Waals surface area contributed by atoms with E-state index in [1.54, 1.807) is 0 Å². The summed E-state index contributed by atoms with van der Waals surface area (Å²) in [6.45, 7) is 7.64. The zero-order valence-corrected chi connectivity index (χ0v) is 14.9. The number of thiazole rings is 1. The molecule has 0 spiro atoms. The van der Waals surface area contributed by atoms with Crippen molar-refractivity contribution in [3.63, 3.8) is 0 Å². The molecule has 114 valence electrons. The highest BCUT2D eigenvalue weighted by Crippen LogP contribution is 2.44. The Balaban J connectivity index is 2.11. The molecule has 2 rings (SSSR count). The van der Waals surface area contributed by atoms with Crippen LogP contribution in [0.25, 0.3) is 0 Å². The molecule has 0 radical (unpaired) electrons. The third-order valence-corrected chi connectivity index (χ3v) is 5.70. The van der Waals surface area contributed by atoms with Crippen LogP contribution in [0.1, 0.15) is 50.1 Å². The molecule has 0 amide bonds. The second-order valence-electron chi connectivity index (χ2n) is 6.03. The van der Waals surface area contributed by atoms with Gasteiger partial charge < -0.3 is 10.2 Å². The van der Waals surface area contributed by atoms with Gasteiger partial charge in [0.2, 0.25) is 0 Å². The summed E-state index contributed by atoms with van der Waals surface area (Å²) in [6.07, 6.45) is 4.81. The third kappa shape index (κ3) is 4.12. The number of anilines is 1. The molecule has 1 aromatic rings. The van der Waals surface area contributed by atoms with Crippen molar-refractivity contribution < 1.29 is 0 Å². The van der Waals surface area contributed by atoms with Gasteiger partial charge in [0.25, 0.3) is 0 Å². The minimum atomic E-state index is 0.528. The van der Waals surface area contributed by atoms with Crippen LogP contribution in [0.3, 0.4) is 0 Å². The van der Waals surface area contributed by atoms with E-state index in [9.17, 15) is 0 Å². The van der Waals surface area contributed by atoms with Gasteiger partial charge in [0.1, 0.15) is 0 Å². The number of hydrogen-bond donors (Lipinski definition) is 1. The largest absolute Gasteiger partial charge is 0.348 e. The van der Waals surface area contributed by atoms with Crippen LogP contribution >= 0.6 is 23.1 Å². The Morgan fingerprint density at radius 3 is 2.65 bits per heavy atom. The number of rotatable bonds is 8. The number of aromatic nitrogens is 1. The second-order valence-corrected chi connectivity index (χ2v) is 8.00. The summed E-state index contributed by atoms with van der Waals surface area (Å²) in [6, 6.07) is 1.06. The fourth-order valence-electron chi connectivity index (χ4n) is 2.14. The quantitative estimate of drug-likeness (QED) is 0.792. The molecule has 5 heteroatoms. The first-order chi connectivity index (χ1) is 9.52. The maximum absolute atomic E-state index is 4.95. The molecule has 0 aliphatic heterocycles. The molecule has 1 aromatic heterocycles. The van der Waals surface area contributed by atoms with E-state index in [1.807, 2.05) is 23.1 Å². The van der Waals surface area contributed by atoms with E-state index in [2.05, 4.69) is 44.3 Å². The maximum atomic E-state index is 4.95. The number of hydrogen-bond acceptors (Lipinski definition) is 5. The zero-order chi connectivity index (χ0) is 14.7. The summed E-state index contributed by atoms with van der Waals surface area (Å²) in [5.41, 5.74) is 1.36. The predicted molar refractivity (Wildman–Crippen MR) is 92.3 cm³/mol. The van der Waals surface area contributed by atoms with Gasteiger partial charge in [-0.3, -0.25) is 0 Å². The average molecular weight is 314 g/mol. The summed E-state index contributed by atoms with van der Waals surface area (Å²) in [5, 5.41) is 4.73. The van der Waals surface area contributed by atoms with E-state index >= 15 is 0 Å². The summed E-state index contributed by atoms with van der Waals surface area (Å²) in [4.78, 5) is 8.73. The maximum Gasteiger partial charge on any atom is 0.185 e. The summed E-state index contributed by atoms with van der Waals surface area (Å²) < 4.78 is 0. The minimum absolute atomic E-state index is 0.528. The SMILES string of the molecule is CSCC(C)N(C)c1nc(C2CC2)c(CNC(C)C)s1. The van der Waals surface area contributed by atoms with Gasteiger partial charge in [-0.25, -0.2) is 4.98 Å². The number of nitrogens with zero attached hydrogens (tertiary/aromatic N) is 2. The van der Waals surface area contributed by atoms with Crippen molar-refractivity contribution in [2.75, 3.05) is 24.0 Å². The molecule has 1 aliphatic carbocycles. The van der Waals surface area contributed by atoms with Crippen molar-refractivity contribution in [1.29, 1.82) is 0 Å². The molecule has 1 saturated carbocycles. The Morgan fingerprint density at radius 1 is 1.40 bits per heavy atom. The van der Waals surface area contributed by atoms with Gasteiger partial charge in [0.05, 0.1) is 5.69 Å². The van der Waals surface area contributed by atoms with E-state index in [1.165, 1.54) is 28.5 Å². The molecular weight excluding hydrogens is 286 g/mol. The molecular formula is C15H27N3S2. The Morgan fingerprint density at radius 2 is 2.10 bits per heavy atom. The van der Waals surface area contributed by atoms with Crippen LogP contribution in [0.15, 0.2) is 0 Å². The highest BCUT2D eigenvalue weighted by atomic mass is 32.2. The van der Waals surface area contributed by atoms with Crippen molar-refractivity contribution >= 4 is 28.2 Å². The van der Waals surface area contributed by atoms with Gasteiger partial charge in [-0.15, -0.1) is 11.3 Å². The molecule has 1 N–H and O–H groups in total. The van der Waals surface area contributed by atoms with Crippen LogP contribution in [0.4, 0.5) is 5.13 Å². The Labute approximate surface area is 131 Å². The summed E-state index contributed by atoms with van der Waals surface area (Å²) in [5.74, 6) is 1.88. The van der Waals surface area contributed by atoms with Crippen LogP contribution in [0.5, 0.6) is 0 Å². The zero-order valence-electron chi connectivity index (χ0n) is 13.3. The molecule has 20 heavy (non-hydrogen) atoms. The third-order valence-electron chi connectivity index (χ3n) is 3.72. The Hall–Kier alpha value is -0.260. The van der Waals surface area contributed by atoms with Crippen molar-refractivity contribution in [1.82, 2.24) is 10.3 Å². The van der Waals surface area contributed by atoms with Crippen LogP contribution in [-0.2, 0) is 6.54 Å². The molecule has 3 nitrogen and oxygen atoms in total. The number of thioether (sulfide) groups is 1. The average Bonchev–Trinajstić information content (AvgIpc) is 3.16. The highest BCUT2D eigenvalue weighted by Gasteiger charge is 2.30. The van der Waals surface area contributed by atoms with Crippen LogP contribution < -0.4 is 10.2 Å². The van der Waals surface area contributed by atoms with Crippen molar-refractivity contribution in [2.45, 2.75) is 58.2 Å². The smallest absolute Gasteiger partial charge is 0.185 e. The lowest BCUT2D eigenvalue weighted by Gasteiger charge is -2.23. The molecule has 1 atom stereocenters. The fraction of sp³-hybridized carbons (Fsp3) is 0.800. The standard InChI is InChI=1S/C15H27N3S2/c1-10(2)16-8-13-14(12-6-7-12)17-15(20-13)18(4)11(3)9-19-5/h10-12,16H,6-9H2,1-5H3. The van der Waals surface area contributed by atoms with E-state index in [-0.39, 0.29) is 0 Å². The second kappa shape index (κ2) is 7.14. The molecule has 1 unspecified atom stereocenters. The molecule has 1 aliphatic rings. The Kier molecular flexibility index (Phi) is 5.75. The monoisotopic (exact) mass is 313 g/mol. The first-order valence-corrected chi connectivity index (χ1v) is 9.68. The van der Waals surface area contributed by atoms with Gasteiger partial charge >= 0.3 is 0 Å². The first-order valence-electron chi connectivity index (χ1n) is 7.47. The van der Waals surface area contributed by atoms with Crippen molar-refractivity contribution in [3.05, 3.63) is 10.6 Å². The molecule has 0 saturated heterocycles. The highest BCUT2D eigenvalue weighted by molar-refractivity contribution is 7.98. The first kappa shape index (κ1) is 16.1. The van der Waals surface area contributed by atoms with E-state index in [4.69, 9.17) is 4.98 Å². The van der Waals surface area contributed by atoms with Gasteiger partial charge in [-0.05, 0) is 26.0 Å². The normalized spacial score (nSPS) is 16.7. The lowest BCUT2D eigenvalue weighted by atomic mass is 10.2. The lowest BCUT2D eigenvalue weighted by Crippen LogP contribution is -2.30. The van der Waals surface area contributed by atoms with Gasteiger partial charge in [0.15, 0.2) is 5.13 Å². The van der Waals surface area contributed by atoms with Crippen LogP contribution in [0.2, 0.25) is 0 Å². The molecule has 0 bridgehead atoms. The molecule has 1 heterocycles. The van der Waals surface area contributed by atoms with Crippen molar-refractivity contribution in [3.8, 4) is 0 Å². The van der Waals surface area contributed by atoms with E-state index < -0.39 is 0 Å². The van der Waals surface area contributed by atoms with Gasteiger partial charge in [-0.2, -0.15) is 11.8 Å². The minimum Gasteiger partial charge on any atom is -0.348 e. The van der Waals surface area contributed by atoms with Crippen LogP contribution in [0, 0.1) is 0 Å². The molecule has 0 aromatic carbocycles. The number of nitrogens with one attached hydrogen (secondary N) is 1.